The molecule has 0 spiro atoms. The minimum atomic E-state index is -0.957. The smallest absolute Gasteiger partial charge is 0.335 e. The monoisotopic (exact) mass is 224 g/mol. The van der Waals surface area contributed by atoms with Crippen LogP contribution < -0.4 is 0 Å². The second-order valence-electron chi connectivity index (χ2n) is 3.69. The van der Waals surface area contributed by atoms with Gasteiger partial charge in [0.25, 0.3) is 0 Å². The zero-order valence-corrected chi connectivity index (χ0v) is 9.56. The number of allylic oxidation sites excluding steroid dienone is 1. The third-order valence-electron chi connectivity index (χ3n) is 2.14. The van der Waals surface area contributed by atoms with Gasteiger partial charge >= 0.3 is 5.97 Å². The van der Waals surface area contributed by atoms with E-state index in [-0.39, 0.29) is 5.56 Å². The molecule has 0 fully saturated rings. The normalized spacial score (nSPS) is 10.1. The molecule has 0 aliphatic carbocycles. The fourth-order valence-electron chi connectivity index (χ4n) is 1.42. The third kappa shape index (κ3) is 2.83. The van der Waals surface area contributed by atoms with Gasteiger partial charge in [0.05, 0.1) is 5.56 Å². The Hall–Kier alpha value is -1.28. The summed E-state index contributed by atoms with van der Waals surface area (Å²) in [6, 6.07) is 3.11. The summed E-state index contributed by atoms with van der Waals surface area (Å²) in [7, 11) is 0. The Morgan fingerprint density at radius 3 is 2.53 bits per heavy atom. The number of halogens is 1. The highest BCUT2D eigenvalue weighted by Crippen LogP contribution is 2.24. The lowest BCUT2D eigenvalue weighted by molar-refractivity contribution is 0.0697. The van der Waals surface area contributed by atoms with Crippen LogP contribution in [0.1, 0.15) is 28.4 Å². The van der Waals surface area contributed by atoms with E-state index < -0.39 is 5.97 Å². The van der Waals surface area contributed by atoms with Crippen molar-refractivity contribution in [1.29, 1.82) is 0 Å². The molecule has 1 rings (SSSR count). The summed E-state index contributed by atoms with van der Waals surface area (Å²) in [5.74, 6) is -0.957. The molecule has 0 unspecified atom stereocenters. The van der Waals surface area contributed by atoms with E-state index in [0.717, 1.165) is 16.7 Å². The molecule has 0 aliphatic heterocycles. The molecule has 1 aromatic carbocycles. The van der Waals surface area contributed by atoms with Gasteiger partial charge in [0.1, 0.15) is 0 Å². The lowest BCUT2D eigenvalue weighted by Crippen LogP contribution is -2.00. The van der Waals surface area contributed by atoms with Gasteiger partial charge in [0.15, 0.2) is 0 Å². The first-order valence-electron chi connectivity index (χ1n) is 4.58. The van der Waals surface area contributed by atoms with Gasteiger partial charge in [-0.25, -0.2) is 4.79 Å². The highest BCUT2D eigenvalue weighted by Gasteiger charge is 2.10. The van der Waals surface area contributed by atoms with Crippen LogP contribution in [-0.4, -0.2) is 11.1 Å². The van der Waals surface area contributed by atoms with Crippen LogP contribution in [0.15, 0.2) is 24.3 Å². The van der Waals surface area contributed by atoms with Gasteiger partial charge in [-0.3, -0.25) is 0 Å². The maximum Gasteiger partial charge on any atom is 0.335 e. The number of hydrogen-bond acceptors (Lipinski definition) is 1. The standard InChI is InChI=1S/C12H13ClO2/c1-7(2)4-10-8(3)5-9(12(14)15)6-11(10)13/h5-6H,1,4H2,2-3H3,(H,14,15). The predicted octanol–water partition coefficient (Wildman–Crippen LogP) is 3.47. The summed E-state index contributed by atoms with van der Waals surface area (Å²) in [6.45, 7) is 7.59. The summed E-state index contributed by atoms with van der Waals surface area (Å²) in [4.78, 5) is 10.8. The average molecular weight is 225 g/mol. The van der Waals surface area contributed by atoms with Crippen LogP contribution in [0.5, 0.6) is 0 Å². The molecular weight excluding hydrogens is 212 g/mol. The van der Waals surface area contributed by atoms with Crippen molar-refractivity contribution in [3.63, 3.8) is 0 Å². The topological polar surface area (TPSA) is 37.3 Å². The SMILES string of the molecule is C=C(C)Cc1c(C)cc(C(=O)O)cc1Cl. The summed E-state index contributed by atoms with van der Waals surface area (Å²) < 4.78 is 0. The van der Waals surface area contributed by atoms with Crippen molar-refractivity contribution in [2.24, 2.45) is 0 Å². The van der Waals surface area contributed by atoms with E-state index >= 15 is 0 Å². The van der Waals surface area contributed by atoms with E-state index in [2.05, 4.69) is 6.58 Å². The number of carboxylic acids is 1. The maximum atomic E-state index is 10.8. The van der Waals surface area contributed by atoms with Crippen LogP contribution in [0.4, 0.5) is 0 Å². The van der Waals surface area contributed by atoms with E-state index in [1.807, 2.05) is 13.8 Å². The van der Waals surface area contributed by atoms with Crippen molar-refractivity contribution in [2.45, 2.75) is 20.3 Å². The van der Waals surface area contributed by atoms with Crippen molar-refractivity contribution in [3.05, 3.63) is 46.0 Å². The first kappa shape index (κ1) is 11.8. The van der Waals surface area contributed by atoms with Crippen molar-refractivity contribution in [3.8, 4) is 0 Å². The summed E-state index contributed by atoms with van der Waals surface area (Å²) in [6.07, 6.45) is 0.685. The molecule has 1 aromatic rings. The molecule has 2 nitrogen and oxygen atoms in total. The molecule has 0 aromatic heterocycles. The van der Waals surface area contributed by atoms with Gasteiger partial charge in [-0.2, -0.15) is 0 Å². The molecule has 0 bridgehead atoms. The Bertz CT molecular complexity index is 399. The Kier molecular flexibility index (Phi) is 3.53. The zero-order chi connectivity index (χ0) is 11.6. The van der Waals surface area contributed by atoms with E-state index in [4.69, 9.17) is 16.7 Å². The van der Waals surface area contributed by atoms with E-state index in [1.165, 1.54) is 6.07 Å². The molecule has 0 aliphatic rings. The first-order chi connectivity index (χ1) is 6.91. The number of benzene rings is 1. The molecule has 0 radical (unpaired) electrons. The van der Waals surface area contributed by atoms with Crippen LogP contribution in [0.25, 0.3) is 0 Å². The molecule has 0 heterocycles. The quantitative estimate of drug-likeness (QED) is 0.799. The van der Waals surface area contributed by atoms with Crippen LogP contribution >= 0.6 is 11.6 Å². The molecule has 80 valence electrons. The maximum absolute atomic E-state index is 10.8. The largest absolute Gasteiger partial charge is 0.478 e. The summed E-state index contributed by atoms with van der Waals surface area (Å²) >= 11 is 6.02. The molecular formula is C12H13ClO2. The van der Waals surface area contributed by atoms with Crippen molar-refractivity contribution >= 4 is 17.6 Å². The van der Waals surface area contributed by atoms with Gasteiger partial charge in [-0.15, -0.1) is 0 Å². The minimum Gasteiger partial charge on any atom is -0.478 e. The molecule has 0 atom stereocenters. The number of aryl methyl sites for hydroxylation is 1. The number of rotatable bonds is 3. The summed E-state index contributed by atoms with van der Waals surface area (Å²) in [5.41, 5.74) is 3.07. The summed E-state index contributed by atoms with van der Waals surface area (Å²) in [5, 5.41) is 9.33. The van der Waals surface area contributed by atoms with Crippen molar-refractivity contribution in [2.75, 3.05) is 0 Å². The van der Waals surface area contributed by atoms with Gasteiger partial charge in [0, 0.05) is 5.02 Å². The molecule has 1 N–H and O–H groups in total. The molecule has 0 saturated heterocycles. The number of carboxylic acid groups (broad SMARTS) is 1. The average Bonchev–Trinajstić information content (AvgIpc) is 2.10. The van der Waals surface area contributed by atoms with Crippen LogP contribution in [0.2, 0.25) is 5.02 Å². The molecule has 15 heavy (non-hydrogen) atoms. The molecule has 0 saturated carbocycles. The van der Waals surface area contributed by atoms with Crippen LogP contribution in [0, 0.1) is 6.92 Å². The molecule has 0 amide bonds. The van der Waals surface area contributed by atoms with Gasteiger partial charge in [-0.1, -0.05) is 23.8 Å². The molecule has 3 heteroatoms. The number of aromatic carboxylic acids is 1. The van der Waals surface area contributed by atoms with E-state index in [0.29, 0.717) is 11.4 Å². The second-order valence-corrected chi connectivity index (χ2v) is 4.10. The highest BCUT2D eigenvalue weighted by atomic mass is 35.5. The van der Waals surface area contributed by atoms with Crippen molar-refractivity contribution in [1.82, 2.24) is 0 Å². The van der Waals surface area contributed by atoms with Crippen molar-refractivity contribution < 1.29 is 9.90 Å². The minimum absolute atomic E-state index is 0.225. The van der Waals surface area contributed by atoms with Crippen LogP contribution in [0.3, 0.4) is 0 Å². The Balaban J connectivity index is 3.21. The number of hydrogen-bond donors (Lipinski definition) is 1. The number of carbonyl (C=O) groups is 1. The van der Waals surface area contributed by atoms with Gasteiger partial charge in [-0.05, 0) is 43.5 Å². The first-order valence-corrected chi connectivity index (χ1v) is 4.96. The Morgan fingerprint density at radius 1 is 1.53 bits per heavy atom. The predicted molar refractivity (Wildman–Crippen MR) is 61.7 cm³/mol. The van der Waals surface area contributed by atoms with Gasteiger partial charge in [0.2, 0.25) is 0 Å². The Morgan fingerprint density at radius 2 is 2.13 bits per heavy atom. The highest BCUT2D eigenvalue weighted by molar-refractivity contribution is 6.31. The van der Waals surface area contributed by atoms with E-state index in [1.54, 1.807) is 6.07 Å². The lowest BCUT2D eigenvalue weighted by Gasteiger charge is -2.09. The fraction of sp³-hybridized carbons (Fsp3) is 0.250. The van der Waals surface area contributed by atoms with E-state index in [9.17, 15) is 4.79 Å². The zero-order valence-electron chi connectivity index (χ0n) is 8.80. The third-order valence-corrected chi connectivity index (χ3v) is 2.48. The Labute approximate surface area is 94.2 Å². The van der Waals surface area contributed by atoms with Crippen LogP contribution in [-0.2, 0) is 6.42 Å². The fourth-order valence-corrected chi connectivity index (χ4v) is 1.76. The lowest BCUT2D eigenvalue weighted by atomic mass is 10.00. The van der Waals surface area contributed by atoms with Gasteiger partial charge < -0.3 is 5.11 Å². The second kappa shape index (κ2) is 4.49.